The molecule has 35 heavy (non-hydrogen) atoms. The Hall–Kier alpha value is -4.03. The van der Waals surface area contributed by atoms with Crippen LogP contribution >= 0.6 is 0 Å². The summed E-state index contributed by atoms with van der Waals surface area (Å²) in [5.41, 5.74) is -0.680. The summed E-state index contributed by atoms with van der Waals surface area (Å²) in [6, 6.07) is 16.0. The van der Waals surface area contributed by atoms with Crippen molar-refractivity contribution in [3.05, 3.63) is 84.8 Å². The Labute approximate surface area is 198 Å². The Balaban J connectivity index is 1.85. The van der Waals surface area contributed by atoms with Gasteiger partial charge in [0.25, 0.3) is 0 Å². The number of carbonyl (C=O) groups excluding carboxylic acids is 1. The van der Waals surface area contributed by atoms with Crippen molar-refractivity contribution in [1.82, 2.24) is 14.8 Å². The van der Waals surface area contributed by atoms with Gasteiger partial charge in [-0.05, 0) is 42.0 Å². The molecular formula is C23H18F3N5O3S. The van der Waals surface area contributed by atoms with Gasteiger partial charge in [-0.25, -0.2) is 18.2 Å². The standard InChI is InChI=1S/C23H18F3N5O3S/c24-23(25,26)22-20(15-10-12-28-13-11-15)21(16-6-8-18(9-7-16)35(27,33)34)30-31(22)14-19(32)29-17-4-2-1-3-5-17/h1-13H,14H2,(H,29,32)(H2,27,33,34). The van der Waals surface area contributed by atoms with Gasteiger partial charge >= 0.3 is 6.18 Å². The molecule has 0 radical (unpaired) electrons. The number of sulfonamides is 1. The number of amides is 1. The number of carbonyl (C=O) groups is 1. The van der Waals surface area contributed by atoms with Gasteiger partial charge in [0, 0.05) is 29.2 Å². The van der Waals surface area contributed by atoms with Crippen LogP contribution in [0.3, 0.4) is 0 Å². The highest BCUT2D eigenvalue weighted by Gasteiger charge is 2.41. The number of hydrogen-bond acceptors (Lipinski definition) is 5. The molecule has 2 aromatic heterocycles. The van der Waals surface area contributed by atoms with Crippen LogP contribution in [0.4, 0.5) is 18.9 Å². The van der Waals surface area contributed by atoms with Crippen molar-refractivity contribution in [2.45, 2.75) is 17.6 Å². The molecule has 0 fully saturated rings. The van der Waals surface area contributed by atoms with E-state index in [0.29, 0.717) is 10.4 Å². The second-order valence-corrected chi connectivity index (χ2v) is 9.01. The van der Waals surface area contributed by atoms with E-state index in [9.17, 15) is 26.4 Å². The molecule has 8 nitrogen and oxygen atoms in total. The zero-order valence-electron chi connectivity index (χ0n) is 17.9. The zero-order chi connectivity index (χ0) is 25.2. The first-order valence-corrected chi connectivity index (χ1v) is 11.7. The van der Waals surface area contributed by atoms with Crippen LogP contribution in [0.5, 0.6) is 0 Å². The number of pyridine rings is 1. The number of benzene rings is 2. The molecule has 180 valence electrons. The van der Waals surface area contributed by atoms with Gasteiger partial charge in [0.05, 0.1) is 4.90 Å². The summed E-state index contributed by atoms with van der Waals surface area (Å²) in [7, 11) is -4.00. The fourth-order valence-corrected chi connectivity index (χ4v) is 4.03. The molecule has 12 heteroatoms. The summed E-state index contributed by atoms with van der Waals surface area (Å²) < 4.78 is 66.7. The first kappa shape index (κ1) is 24.1. The van der Waals surface area contributed by atoms with Crippen LogP contribution in [-0.2, 0) is 27.5 Å². The maximum Gasteiger partial charge on any atom is 0.433 e. The Morgan fingerprint density at radius 1 is 0.943 bits per heavy atom. The van der Waals surface area contributed by atoms with Gasteiger partial charge < -0.3 is 5.32 Å². The molecule has 0 saturated heterocycles. The molecule has 3 N–H and O–H groups in total. The first-order chi connectivity index (χ1) is 16.5. The molecule has 1 amide bonds. The zero-order valence-corrected chi connectivity index (χ0v) is 18.7. The number of anilines is 1. The van der Waals surface area contributed by atoms with Crippen molar-refractivity contribution in [1.29, 1.82) is 0 Å². The Kier molecular flexibility index (Phi) is 6.41. The van der Waals surface area contributed by atoms with E-state index in [1.807, 2.05) is 0 Å². The number of para-hydroxylation sites is 1. The third-order valence-corrected chi connectivity index (χ3v) is 5.93. The number of primary sulfonamides is 1. The highest BCUT2D eigenvalue weighted by atomic mass is 32.2. The van der Waals surface area contributed by atoms with Gasteiger partial charge in [-0.2, -0.15) is 18.3 Å². The normalized spacial score (nSPS) is 11.9. The second-order valence-electron chi connectivity index (χ2n) is 7.45. The van der Waals surface area contributed by atoms with Gasteiger partial charge in [0.1, 0.15) is 12.2 Å². The average Bonchev–Trinajstić information content (AvgIpc) is 3.19. The van der Waals surface area contributed by atoms with E-state index < -0.39 is 34.3 Å². The van der Waals surface area contributed by atoms with Crippen molar-refractivity contribution < 1.29 is 26.4 Å². The highest BCUT2D eigenvalue weighted by molar-refractivity contribution is 7.89. The highest BCUT2D eigenvalue weighted by Crippen LogP contribution is 2.42. The lowest BCUT2D eigenvalue weighted by Gasteiger charge is -2.13. The maximum atomic E-state index is 14.3. The van der Waals surface area contributed by atoms with Gasteiger partial charge in [-0.1, -0.05) is 30.3 Å². The third kappa shape index (κ3) is 5.39. The molecular weight excluding hydrogens is 483 g/mol. The minimum Gasteiger partial charge on any atom is -0.324 e. The molecule has 2 heterocycles. The van der Waals surface area contributed by atoms with Crippen LogP contribution in [-0.4, -0.2) is 29.1 Å². The lowest BCUT2D eigenvalue weighted by Crippen LogP contribution is -2.24. The van der Waals surface area contributed by atoms with Gasteiger partial charge in [0.15, 0.2) is 5.69 Å². The lowest BCUT2D eigenvalue weighted by molar-refractivity contribution is -0.144. The quantitative estimate of drug-likeness (QED) is 0.415. The Morgan fingerprint density at radius 3 is 2.14 bits per heavy atom. The number of nitrogens with one attached hydrogen (secondary N) is 1. The Bertz CT molecular complexity index is 1450. The summed E-state index contributed by atoms with van der Waals surface area (Å²) in [6.45, 7) is -0.711. The minimum atomic E-state index is -4.86. The summed E-state index contributed by atoms with van der Waals surface area (Å²) in [6.07, 6.45) is -2.19. The summed E-state index contributed by atoms with van der Waals surface area (Å²) >= 11 is 0. The van der Waals surface area contributed by atoms with E-state index in [2.05, 4.69) is 15.4 Å². The molecule has 4 aromatic rings. The predicted molar refractivity (Wildman–Crippen MR) is 122 cm³/mol. The fraction of sp³-hybridized carbons (Fsp3) is 0.0870. The van der Waals surface area contributed by atoms with E-state index in [1.54, 1.807) is 30.3 Å². The smallest absolute Gasteiger partial charge is 0.324 e. The molecule has 0 bridgehead atoms. The number of rotatable bonds is 6. The molecule has 0 saturated carbocycles. The van der Waals surface area contributed by atoms with E-state index >= 15 is 0 Å². The molecule has 2 aromatic carbocycles. The van der Waals surface area contributed by atoms with Gasteiger partial charge in [0.2, 0.25) is 15.9 Å². The van der Waals surface area contributed by atoms with Crippen LogP contribution in [0.2, 0.25) is 0 Å². The molecule has 0 spiro atoms. The lowest BCUT2D eigenvalue weighted by atomic mass is 9.99. The van der Waals surface area contributed by atoms with Crippen molar-refractivity contribution >= 4 is 21.6 Å². The number of aromatic nitrogens is 3. The number of alkyl halides is 3. The molecule has 0 aliphatic heterocycles. The van der Waals surface area contributed by atoms with Crippen LogP contribution in [0.25, 0.3) is 22.4 Å². The topological polar surface area (TPSA) is 120 Å². The monoisotopic (exact) mass is 501 g/mol. The van der Waals surface area contributed by atoms with Crippen LogP contribution in [0, 0.1) is 0 Å². The van der Waals surface area contributed by atoms with Crippen LogP contribution < -0.4 is 10.5 Å². The van der Waals surface area contributed by atoms with Gasteiger partial charge in [-0.15, -0.1) is 0 Å². The molecule has 0 unspecified atom stereocenters. The van der Waals surface area contributed by atoms with Crippen LogP contribution in [0.1, 0.15) is 5.69 Å². The van der Waals surface area contributed by atoms with Crippen LogP contribution in [0.15, 0.2) is 84.0 Å². The first-order valence-electron chi connectivity index (χ1n) is 10.1. The summed E-state index contributed by atoms with van der Waals surface area (Å²) in [5.74, 6) is -0.707. The second kappa shape index (κ2) is 9.31. The number of halogens is 3. The number of hydrogen-bond donors (Lipinski definition) is 2. The third-order valence-electron chi connectivity index (χ3n) is 5.00. The summed E-state index contributed by atoms with van der Waals surface area (Å²) in [4.78, 5) is 16.2. The largest absolute Gasteiger partial charge is 0.433 e. The molecule has 0 atom stereocenters. The van der Waals surface area contributed by atoms with Crippen molar-refractivity contribution in [2.24, 2.45) is 5.14 Å². The van der Waals surface area contributed by atoms with E-state index in [1.165, 1.54) is 48.8 Å². The maximum absolute atomic E-state index is 14.3. The Morgan fingerprint density at radius 2 is 1.57 bits per heavy atom. The number of nitrogens with two attached hydrogens (primary N) is 1. The summed E-state index contributed by atoms with van der Waals surface area (Å²) in [5, 5.41) is 11.8. The van der Waals surface area contributed by atoms with E-state index in [-0.39, 0.29) is 27.3 Å². The SMILES string of the molecule is NS(=O)(=O)c1ccc(-c2nn(CC(=O)Nc3ccccc3)c(C(F)(F)F)c2-c2ccncc2)cc1. The van der Waals surface area contributed by atoms with Crippen molar-refractivity contribution in [2.75, 3.05) is 5.32 Å². The molecule has 0 aliphatic carbocycles. The molecule has 4 rings (SSSR count). The minimum absolute atomic E-state index is 0.0861. The van der Waals surface area contributed by atoms with E-state index in [0.717, 1.165) is 0 Å². The van der Waals surface area contributed by atoms with E-state index in [4.69, 9.17) is 5.14 Å². The van der Waals surface area contributed by atoms with Gasteiger partial charge in [-0.3, -0.25) is 9.78 Å². The van der Waals surface area contributed by atoms with Crippen molar-refractivity contribution in [3.63, 3.8) is 0 Å². The van der Waals surface area contributed by atoms with Crippen molar-refractivity contribution in [3.8, 4) is 22.4 Å². The average molecular weight is 501 g/mol. The number of nitrogens with zero attached hydrogens (tertiary/aromatic N) is 3. The molecule has 0 aliphatic rings. The predicted octanol–water partition coefficient (Wildman–Crippen LogP) is 3.92. The fourth-order valence-electron chi connectivity index (χ4n) is 3.52.